The molecule has 1 atom stereocenters. The minimum absolute atomic E-state index is 0.0486. The van der Waals surface area contributed by atoms with Crippen LogP contribution in [0, 0.1) is 4.77 Å². The zero-order chi connectivity index (χ0) is 9.68. The third-order valence-electron chi connectivity index (χ3n) is 1.81. The van der Waals surface area contributed by atoms with E-state index >= 15 is 0 Å². The summed E-state index contributed by atoms with van der Waals surface area (Å²) in [6.07, 6.45) is 3.75. The fourth-order valence-electron chi connectivity index (χ4n) is 1.09. The molecule has 1 N–H and O–H groups in total. The van der Waals surface area contributed by atoms with Crippen LogP contribution < -0.4 is 0 Å². The molecular formula is C8H14N2O2S. The highest BCUT2D eigenvalue weighted by Crippen LogP contribution is 1.98. The Morgan fingerprint density at radius 1 is 1.62 bits per heavy atom. The molecule has 13 heavy (non-hydrogen) atoms. The minimum atomic E-state index is 0.0486. The molecule has 0 aliphatic heterocycles. The van der Waals surface area contributed by atoms with E-state index in [0.717, 1.165) is 0 Å². The number of nitrogens with one attached hydrogen (secondary N) is 1. The molecule has 0 aliphatic carbocycles. The molecular weight excluding hydrogens is 188 g/mol. The lowest BCUT2D eigenvalue weighted by Crippen LogP contribution is -2.23. The molecule has 0 aromatic carbocycles. The SMILES string of the molecule is COCC(Cn1cc[nH]c1=S)OC. The number of hydrogen-bond donors (Lipinski definition) is 1. The van der Waals surface area contributed by atoms with Gasteiger partial charge < -0.3 is 19.0 Å². The number of hydrogen-bond acceptors (Lipinski definition) is 3. The van der Waals surface area contributed by atoms with Gasteiger partial charge in [-0.25, -0.2) is 0 Å². The van der Waals surface area contributed by atoms with Crippen molar-refractivity contribution >= 4 is 12.2 Å². The monoisotopic (exact) mass is 202 g/mol. The van der Waals surface area contributed by atoms with Crippen molar-refractivity contribution in [3.63, 3.8) is 0 Å². The second-order valence-corrected chi connectivity index (χ2v) is 3.12. The third-order valence-corrected chi connectivity index (χ3v) is 2.16. The molecule has 1 heterocycles. The Morgan fingerprint density at radius 2 is 2.38 bits per heavy atom. The predicted molar refractivity (Wildman–Crippen MR) is 52.3 cm³/mol. The molecule has 0 saturated heterocycles. The van der Waals surface area contributed by atoms with Gasteiger partial charge >= 0.3 is 0 Å². The molecule has 1 rings (SSSR count). The molecule has 0 saturated carbocycles. The first-order chi connectivity index (χ1) is 6.27. The summed E-state index contributed by atoms with van der Waals surface area (Å²) in [4.78, 5) is 2.92. The molecule has 0 aliphatic rings. The van der Waals surface area contributed by atoms with Crippen molar-refractivity contribution in [3.05, 3.63) is 17.2 Å². The zero-order valence-electron chi connectivity index (χ0n) is 7.82. The lowest BCUT2D eigenvalue weighted by atomic mass is 10.4. The number of methoxy groups -OCH3 is 2. The zero-order valence-corrected chi connectivity index (χ0v) is 8.63. The Hall–Kier alpha value is -0.650. The third kappa shape index (κ3) is 2.95. The van der Waals surface area contributed by atoms with Crippen molar-refractivity contribution < 1.29 is 9.47 Å². The second-order valence-electron chi connectivity index (χ2n) is 2.73. The number of aromatic amines is 1. The highest BCUT2D eigenvalue weighted by Gasteiger charge is 2.07. The second kappa shape index (κ2) is 5.16. The lowest BCUT2D eigenvalue weighted by Gasteiger charge is -2.14. The average Bonchev–Trinajstić information content (AvgIpc) is 2.51. The number of rotatable bonds is 5. The van der Waals surface area contributed by atoms with Crippen LogP contribution in [0.4, 0.5) is 0 Å². The maximum absolute atomic E-state index is 5.21. The Kier molecular flexibility index (Phi) is 4.14. The molecule has 0 fully saturated rings. The van der Waals surface area contributed by atoms with E-state index < -0.39 is 0 Å². The molecule has 0 amide bonds. The summed E-state index contributed by atoms with van der Waals surface area (Å²) in [5, 5.41) is 0. The van der Waals surface area contributed by atoms with E-state index in [-0.39, 0.29) is 6.10 Å². The van der Waals surface area contributed by atoms with E-state index in [0.29, 0.717) is 17.9 Å². The van der Waals surface area contributed by atoms with Crippen molar-refractivity contribution in [3.8, 4) is 0 Å². The fourth-order valence-corrected chi connectivity index (χ4v) is 1.30. The van der Waals surface area contributed by atoms with Gasteiger partial charge in [0.05, 0.1) is 19.3 Å². The summed E-state index contributed by atoms with van der Waals surface area (Å²) >= 11 is 5.05. The summed E-state index contributed by atoms with van der Waals surface area (Å²) in [6.45, 7) is 1.29. The van der Waals surface area contributed by atoms with Crippen molar-refractivity contribution in [1.82, 2.24) is 9.55 Å². The fraction of sp³-hybridized carbons (Fsp3) is 0.625. The average molecular weight is 202 g/mol. The summed E-state index contributed by atoms with van der Waals surface area (Å²) in [5.41, 5.74) is 0. The normalized spacial score (nSPS) is 13.1. The van der Waals surface area contributed by atoms with E-state index in [1.807, 2.05) is 17.0 Å². The van der Waals surface area contributed by atoms with Gasteiger partial charge in [0.2, 0.25) is 0 Å². The van der Waals surface area contributed by atoms with Crippen LogP contribution in [0.15, 0.2) is 12.4 Å². The van der Waals surface area contributed by atoms with Crippen LogP contribution in [0.1, 0.15) is 0 Å². The summed E-state index contributed by atoms with van der Waals surface area (Å²) in [7, 11) is 3.32. The van der Waals surface area contributed by atoms with Gasteiger partial charge in [0.1, 0.15) is 0 Å². The van der Waals surface area contributed by atoms with Gasteiger partial charge in [0.15, 0.2) is 4.77 Å². The van der Waals surface area contributed by atoms with Gasteiger partial charge in [-0.3, -0.25) is 0 Å². The molecule has 5 heteroatoms. The van der Waals surface area contributed by atoms with Crippen LogP contribution in [-0.4, -0.2) is 36.5 Å². The first kappa shape index (κ1) is 10.4. The highest BCUT2D eigenvalue weighted by molar-refractivity contribution is 7.71. The predicted octanol–water partition coefficient (Wildman–Crippen LogP) is 1.21. The van der Waals surface area contributed by atoms with E-state index in [4.69, 9.17) is 21.7 Å². The van der Waals surface area contributed by atoms with Gasteiger partial charge in [0, 0.05) is 26.6 Å². The van der Waals surface area contributed by atoms with Gasteiger partial charge in [0.25, 0.3) is 0 Å². The Morgan fingerprint density at radius 3 is 2.85 bits per heavy atom. The largest absolute Gasteiger partial charge is 0.382 e. The van der Waals surface area contributed by atoms with E-state index in [2.05, 4.69) is 4.98 Å². The van der Waals surface area contributed by atoms with Crippen molar-refractivity contribution in [2.75, 3.05) is 20.8 Å². The van der Waals surface area contributed by atoms with E-state index in [9.17, 15) is 0 Å². The quantitative estimate of drug-likeness (QED) is 0.729. The first-order valence-corrected chi connectivity index (χ1v) is 4.44. The van der Waals surface area contributed by atoms with Crippen LogP contribution in [0.25, 0.3) is 0 Å². The van der Waals surface area contributed by atoms with Crippen molar-refractivity contribution in [1.29, 1.82) is 0 Å². The molecule has 0 bridgehead atoms. The van der Waals surface area contributed by atoms with Gasteiger partial charge in [-0.1, -0.05) is 0 Å². The van der Waals surface area contributed by atoms with Crippen LogP contribution in [-0.2, 0) is 16.0 Å². The highest BCUT2D eigenvalue weighted by atomic mass is 32.1. The molecule has 0 radical (unpaired) electrons. The molecule has 1 aromatic heterocycles. The number of nitrogens with zero attached hydrogens (tertiary/aromatic N) is 1. The first-order valence-electron chi connectivity index (χ1n) is 4.03. The van der Waals surface area contributed by atoms with Gasteiger partial charge in [-0.05, 0) is 12.2 Å². The molecule has 0 spiro atoms. The van der Waals surface area contributed by atoms with Crippen LogP contribution in [0.5, 0.6) is 0 Å². The Balaban J connectivity index is 2.56. The Labute approximate surface area is 82.5 Å². The van der Waals surface area contributed by atoms with Crippen LogP contribution in [0.3, 0.4) is 0 Å². The standard InChI is InChI=1S/C8H14N2O2S/c1-11-6-7(12-2)5-10-4-3-9-8(10)13/h3-4,7H,5-6H2,1-2H3,(H,9,13). The van der Waals surface area contributed by atoms with E-state index in [1.165, 1.54) is 0 Å². The van der Waals surface area contributed by atoms with Gasteiger partial charge in [-0.2, -0.15) is 0 Å². The molecule has 1 unspecified atom stereocenters. The topological polar surface area (TPSA) is 39.2 Å². The smallest absolute Gasteiger partial charge is 0.177 e. The number of imidazole rings is 1. The summed E-state index contributed by atoms with van der Waals surface area (Å²) in [6, 6.07) is 0. The van der Waals surface area contributed by atoms with Crippen LogP contribution in [0.2, 0.25) is 0 Å². The van der Waals surface area contributed by atoms with Crippen molar-refractivity contribution in [2.24, 2.45) is 0 Å². The molecule has 74 valence electrons. The maximum Gasteiger partial charge on any atom is 0.177 e. The van der Waals surface area contributed by atoms with Crippen LogP contribution >= 0.6 is 12.2 Å². The molecule has 4 nitrogen and oxygen atoms in total. The van der Waals surface area contributed by atoms with E-state index in [1.54, 1.807) is 14.2 Å². The maximum atomic E-state index is 5.21. The number of aromatic nitrogens is 2. The number of H-pyrrole nitrogens is 1. The lowest BCUT2D eigenvalue weighted by molar-refractivity contribution is 0.0181. The summed E-state index contributed by atoms with van der Waals surface area (Å²) < 4.78 is 12.8. The minimum Gasteiger partial charge on any atom is -0.382 e. The van der Waals surface area contributed by atoms with Crippen molar-refractivity contribution in [2.45, 2.75) is 12.6 Å². The summed E-state index contributed by atoms with van der Waals surface area (Å²) in [5.74, 6) is 0. The Bertz CT molecular complexity index is 294. The van der Waals surface area contributed by atoms with Gasteiger partial charge in [-0.15, -0.1) is 0 Å². The number of ether oxygens (including phenoxy) is 2. The molecule has 1 aromatic rings.